The number of amides is 1. The largest absolute Gasteiger partial charge is 0.423 e. The lowest BCUT2D eigenvalue weighted by Crippen LogP contribution is -2.25. The molecular weight excluding hydrogens is 563 g/mol. The van der Waals surface area contributed by atoms with Crippen LogP contribution in [0, 0.1) is 9.49 Å². The van der Waals surface area contributed by atoms with Crippen LogP contribution < -0.4 is 10.2 Å². The zero-order valence-corrected chi connectivity index (χ0v) is 21.5. The Balaban J connectivity index is 1.22. The van der Waals surface area contributed by atoms with Crippen molar-refractivity contribution in [2.75, 3.05) is 0 Å². The molecule has 5 nitrogen and oxygen atoms in total. The number of hydrazone groups is 1. The van der Waals surface area contributed by atoms with Crippen LogP contribution in [0.3, 0.4) is 0 Å². The average Bonchev–Trinajstić information content (AvgIpc) is 3.68. The molecule has 0 aliphatic heterocycles. The number of benzene rings is 4. The minimum Gasteiger partial charge on any atom is -0.423 e. The van der Waals surface area contributed by atoms with Crippen LogP contribution in [0.2, 0.25) is 0 Å². The highest BCUT2D eigenvalue weighted by Crippen LogP contribution is 2.58. The van der Waals surface area contributed by atoms with Crippen LogP contribution in [-0.2, 0) is 10.2 Å². The van der Waals surface area contributed by atoms with Crippen LogP contribution in [0.25, 0.3) is 0 Å². The third-order valence-corrected chi connectivity index (χ3v) is 7.37. The lowest BCUT2D eigenvalue weighted by molar-refractivity contribution is -0.122. The third-order valence-electron chi connectivity index (χ3n) is 6.43. The summed E-state index contributed by atoms with van der Waals surface area (Å²) in [7, 11) is 0. The molecule has 5 rings (SSSR count). The van der Waals surface area contributed by atoms with E-state index in [9.17, 15) is 9.59 Å². The molecule has 1 aliphatic rings. The maximum Gasteiger partial charge on any atom is 0.344 e. The van der Waals surface area contributed by atoms with Gasteiger partial charge < -0.3 is 4.74 Å². The lowest BCUT2D eigenvalue weighted by atomic mass is 9.85. The second-order valence-electron chi connectivity index (χ2n) is 8.63. The molecule has 0 spiro atoms. The highest BCUT2D eigenvalue weighted by Gasteiger charge is 2.60. The van der Waals surface area contributed by atoms with E-state index < -0.39 is 5.97 Å². The molecule has 6 heteroatoms. The molecule has 1 fully saturated rings. The van der Waals surface area contributed by atoms with Gasteiger partial charge in [0.05, 0.1) is 17.7 Å². The summed E-state index contributed by atoms with van der Waals surface area (Å²) < 4.78 is 6.30. The summed E-state index contributed by atoms with van der Waals surface area (Å²) in [6.45, 7) is 0. The number of carbonyl (C=O) groups is 2. The van der Waals surface area contributed by atoms with Gasteiger partial charge in [-0.15, -0.1) is 0 Å². The first-order chi connectivity index (χ1) is 17.6. The van der Waals surface area contributed by atoms with Gasteiger partial charge in [0.2, 0.25) is 5.91 Å². The molecular formula is C30H23IN2O3. The fraction of sp³-hybridized carbons (Fsp3) is 0.100. The highest BCUT2D eigenvalue weighted by atomic mass is 127. The standard InChI is InChI=1S/C30H23IN2O3/c31-27-14-8-7-13-25(27)29(35)36-24-17-15-21(16-18-24)20-32-33-28(34)26-19-30(26,22-9-3-1-4-10-22)23-11-5-2-6-12-23/h1-18,20,26H,19H2,(H,33,34)/b32-20-/t26-/m0/s1. The van der Waals surface area contributed by atoms with Crippen molar-refractivity contribution in [2.45, 2.75) is 11.8 Å². The molecule has 0 unspecified atom stereocenters. The summed E-state index contributed by atoms with van der Waals surface area (Å²) in [4.78, 5) is 25.4. The number of rotatable bonds is 7. The summed E-state index contributed by atoms with van der Waals surface area (Å²) in [5.41, 5.74) is 5.94. The molecule has 0 saturated heterocycles. The van der Waals surface area contributed by atoms with Gasteiger partial charge in [-0.2, -0.15) is 5.10 Å². The van der Waals surface area contributed by atoms with E-state index in [4.69, 9.17) is 4.74 Å². The Kier molecular flexibility index (Phi) is 6.95. The summed E-state index contributed by atoms with van der Waals surface area (Å²) in [5.74, 6) is -0.267. The predicted octanol–water partition coefficient (Wildman–Crippen LogP) is 5.97. The molecule has 1 atom stereocenters. The zero-order chi connectivity index (χ0) is 25.0. The molecule has 1 aliphatic carbocycles. The third kappa shape index (κ3) is 4.95. The second-order valence-corrected chi connectivity index (χ2v) is 9.79. The van der Waals surface area contributed by atoms with Crippen LogP contribution in [0.15, 0.2) is 114 Å². The zero-order valence-electron chi connectivity index (χ0n) is 19.3. The summed E-state index contributed by atoms with van der Waals surface area (Å²) in [5, 5.41) is 4.17. The van der Waals surface area contributed by atoms with Crippen molar-refractivity contribution in [1.82, 2.24) is 5.43 Å². The topological polar surface area (TPSA) is 67.8 Å². The predicted molar refractivity (Wildman–Crippen MR) is 148 cm³/mol. The van der Waals surface area contributed by atoms with E-state index in [0.717, 1.165) is 26.7 Å². The SMILES string of the molecule is O=C(Oc1ccc(/C=N\NC(=O)[C@@H]2CC2(c2ccccc2)c2ccccc2)cc1)c1ccccc1I. The van der Waals surface area contributed by atoms with Gasteiger partial charge in [-0.1, -0.05) is 72.8 Å². The van der Waals surface area contributed by atoms with Crippen molar-refractivity contribution in [2.24, 2.45) is 11.0 Å². The van der Waals surface area contributed by atoms with Crippen LogP contribution in [-0.4, -0.2) is 18.1 Å². The van der Waals surface area contributed by atoms with E-state index >= 15 is 0 Å². The number of hydrogen-bond acceptors (Lipinski definition) is 4. The van der Waals surface area contributed by atoms with Gasteiger partial charge in [0.15, 0.2) is 0 Å². The van der Waals surface area contributed by atoms with Crippen LogP contribution in [0.5, 0.6) is 5.75 Å². The van der Waals surface area contributed by atoms with E-state index in [1.54, 1.807) is 42.6 Å². The Morgan fingerprint density at radius 2 is 1.42 bits per heavy atom. The Morgan fingerprint density at radius 3 is 2.03 bits per heavy atom. The Labute approximate surface area is 223 Å². The van der Waals surface area contributed by atoms with Crippen LogP contribution in [0.1, 0.15) is 33.5 Å². The van der Waals surface area contributed by atoms with E-state index in [1.165, 1.54) is 0 Å². The molecule has 36 heavy (non-hydrogen) atoms. The maximum atomic E-state index is 13.0. The van der Waals surface area contributed by atoms with E-state index in [1.807, 2.05) is 48.5 Å². The van der Waals surface area contributed by atoms with E-state index in [2.05, 4.69) is 57.4 Å². The van der Waals surface area contributed by atoms with Crippen LogP contribution >= 0.6 is 22.6 Å². The normalized spacial score (nSPS) is 15.9. The molecule has 1 amide bonds. The lowest BCUT2D eigenvalue weighted by Gasteiger charge is -2.18. The van der Waals surface area contributed by atoms with E-state index in [-0.39, 0.29) is 17.2 Å². The van der Waals surface area contributed by atoms with Gasteiger partial charge in [-0.05, 0) is 82.1 Å². The number of carbonyl (C=O) groups excluding carboxylic acids is 2. The minimum atomic E-state index is -0.404. The van der Waals surface area contributed by atoms with Crippen molar-refractivity contribution in [1.29, 1.82) is 0 Å². The number of halogens is 1. The van der Waals surface area contributed by atoms with Gasteiger partial charge >= 0.3 is 5.97 Å². The van der Waals surface area contributed by atoms with E-state index in [0.29, 0.717) is 11.3 Å². The molecule has 1 saturated carbocycles. The first kappa shape index (κ1) is 23.9. The summed E-state index contributed by atoms with van der Waals surface area (Å²) in [6, 6.07) is 34.6. The quantitative estimate of drug-likeness (QED) is 0.0955. The minimum absolute atomic E-state index is 0.109. The van der Waals surface area contributed by atoms with Gasteiger partial charge in [-0.25, -0.2) is 10.2 Å². The van der Waals surface area contributed by atoms with Gasteiger partial charge in [0, 0.05) is 8.99 Å². The first-order valence-corrected chi connectivity index (χ1v) is 12.7. The Bertz CT molecular complexity index is 1360. The van der Waals surface area contributed by atoms with Crippen molar-refractivity contribution in [3.63, 3.8) is 0 Å². The van der Waals surface area contributed by atoms with Crippen molar-refractivity contribution in [3.8, 4) is 5.75 Å². The number of hydrogen-bond donors (Lipinski definition) is 1. The molecule has 0 heterocycles. The maximum absolute atomic E-state index is 13.0. The second kappa shape index (κ2) is 10.5. The number of ether oxygens (including phenoxy) is 1. The molecule has 4 aromatic carbocycles. The summed E-state index contributed by atoms with van der Waals surface area (Å²) in [6.07, 6.45) is 2.32. The van der Waals surface area contributed by atoms with Gasteiger partial charge in [0.1, 0.15) is 5.75 Å². The molecule has 1 N–H and O–H groups in total. The molecule has 0 radical (unpaired) electrons. The van der Waals surface area contributed by atoms with Crippen molar-refractivity contribution < 1.29 is 14.3 Å². The number of nitrogens with one attached hydrogen (secondary N) is 1. The molecule has 0 aromatic heterocycles. The Morgan fingerprint density at radius 1 is 0.833 bits per heavy atom. The number of nitrogens with zero attached hydrogens (tertiary/aromatic N) is 1. The Hall–Kier alpha value is -3.78. The molecule has 0 bridgehead atoms. The molecule has 178 valence electrons. The summed E-state index contributed by atoms with van der Waals surface area (Å²) >= 11 is 2.11. The number of esters is 1. The fourth-order valence-corrected chi connectivity index (χ4v) is 5.12. The monoisotopic (exact) mass is 586 g/mol. The molecule has 4 aromatic rings. The highest BCUT2D eigenvalue weighted by molar-refractivity contribution is 14.1. The van der Waals surface area contributed by atoms with Crippen molar-refractivity contribution in [3.05, 3.63) is 135 Å². The fourth-order valence-electron chi connectivity index (χ4n) is 4.51. The van der Waals surface area contributed by atoms with Crippen LogP contribution in [0.4, 0.5) is 0 Å². The first-order valence-electron chi connectivity index (χ1n) is 11.6. The van der Waals surface area contributed by atoms with Gasteiger partial charge in [-0.3, -0.25) is 4.79 Å². The van der Waals surface area contributed by atoms with Gasteiger partial charge in [0.25, 0.3) is 0 Å². The van der Waals surface area contributed by atoms with Crippen molar-refractivity contribution >= 4 is 40.7 Å². The average molecular weight is 586 g/mol. The smallest absolute Gasteiger partial charge is 0.344 e.